The third-order valence-corrected chi connectivity index (χ3v) is 5.06. The second kappa shape index (κ2) is 6.26. The van der Waals surface area contributed by atoms with Crippen molar-refractivity contribution in [1.29, 1.82) is 0 Å². The van der Waals surface area contributed by atoms with Crippen molar-refractivity contribution in [2.45, 2.75) is 6.42 Å². The van der Waals surface area contributed by atoms with E-state index in [-0.39, 0.29) is 0 Å². The third-order valence-electron chi connectivity index (χ3n) is 4.38. The molecule has 1 saturated heterocycles. The van der Waals surface area contributed by atoms with E-state index in [2.05, 4.69) is 51.9 Å². The molecule has 0 N–H and O–H groups in total. The molecular formula is C18H20N4S. The summed E-state index contributed by atoms with van der Waals surface area (Å²) in [6, 6.07) is 10.4. The van der Waals surface area contributed by atoms with Crippen molar-refractivity contribution >= 4 is 28.1 Å². The molecule has 118 valence electrons. The molecule has 1 aliphatic rings. The standard InChI is InChI=1S/C18H20N4S/c1-21-8-4-9-22(11-10-21)18-15-5-2-3-6-16(15)19-17(20-18)14-7-12-23-13-14/h2-3,5-7,12-13H,4,8-11H2,1H3. The molecule has 0 bridgehead atoms. The summed E-state index contributed by atoms with van der Waals surface area (Å²) in [6.45, 7) is 4.29. The summed E-state index contributed by atoms with van der Waals surface area (Å²) in [5, 5.41) is 5.34. The van der Waals surface area contributed by atoms with E-state index in [0.717, 1.165) is 54.3 Å². The van der Waals surface area contributed by atoms with Crippen LogP contribution in [0.3, 0.4) is 0 Å². The number of benzene rings is 1. The number of hydrogen-bond acceptors (Lipinski definition) is 5. The summed E-state index contributed by atoms with van der Waals surface area (Å²) in [6.07, 6.45) is 1.17. The first-order valence-corrected chi connectivity index (χ1v) is 8.98. The largest absolute Gasteiger partial charge is 0.355 e. The molecule has 4 nitrogen and oxygen atoms in total. The third kappa shape index (κ3) is 2.94. The second-order valence-corrected chi connectivity index (χ2v) is 6.82. The van der Waals surface area contributed by atoms with Crippen LogP contribution in [0.4, 0.5) is 5.82 Å². The molecule has 1 aromatic carbocycles. The summed E-state index contributed by atoms with van der Waals surface area (Å²) in [7, 11) is 2.19. The van der Waals surface area contributed by atoms with Crippen molar-refractivity contribution in [2.75, 3.05) is 38.1 Å². The van der Waals surface area contributed by atoms with E-state index in [1.807, 2.05) is 6.07 Å². The average molecular weight is 324 g/mol. The maximum Gasteiger partial charge on any atom is 0.162 e. The van der Waals surface area contributed by atoms with E-state index in [1.54, 1.807) is 11.3 Å². The fourth-order valence-corrected chi connectivity index (χ4v) is 3.71. The Bertz CT molecular complexity index is 800. The molecule has 0 atom stereocenters. The lowest BCUT2D eigenvalue weighted by molar-refractivity contribution is 0.360. The van der Waals surface area contributed by atoms with Gasteiger partial charge in [0.2, 0.25) is 0 Å². The van der Waals surface area contributed by atoms with Crippen LogP contribution in [0, 0.1) is 0 Å². The minimum Gasteiger partial charge on any atom is -0.355 e. The van der Waals surface area contributed by atoms with Gasteiger partial charge < -0.3 is 9.80 Å². The number of thiophene rings is 1. The van der Waals surface area contributed by atoms with Crippen molar-refractivity contribution in [3.63, 3.8) is 0 Å². The molecule has 1 fully saturated rings. The van der Waals surface area contributed by atoms with Crippen LogP contribution in [-0.4, -0.2) is 48.1 Å². The lowest BCUT2D eigenvalue weighted by atomic mass is 10.2. The number of anilines is 1. The predicted octanol–water partition coefficient (Wildman–Crippen LogP) is 3.50. The molecule has 0 amide bonds. The lowest BCUT2D eigenvalue weighted by Gasteiger charge is -2.23. The fraction of sp³-hybridized carbons (Fsp3) is 0.333. The van der Waals surface area contributed by atoms with Gasteiger partial charge in [-0.25, -0.2) is 9.97 Å². The Hall–Kier alpha value is -1.98. The molecule has 0 aliphatic carbocycles. The number of likely N-dealkylation sites (N-methyl/N-ethyl adjacent to an activating group) is 1. The number of rotatable bonds is 2. The van der Waals surface area contributed by atoms with Gasteiger partial charge in [-0.05, 0) is 43.6 Å². The molecule has 2 aromatic heterocycles. The topological polar surface area (TPSA) is 32.3 Å². The van der Waals surface area contributed by atoms with Crippen LogP contribution in [-0.2, 0) is 0 Å². The number of aromatic nitrogens is 2. The second-order valence-electron chi connectivity index (χ2n) is 6.04. The summed E-state index contributed by atoms with van der Waals surface area (Å²) in [5.41, 5.74) is 2.13. The quantitative estimate of drug-likeness (QED) is 0.722. The summed E-state index contributed by atoms with van der Waals surface area (Å²) < 4.78 is 0. The van der Waals surface area contributed by atoms with E-state index in [0.29, 0.717) is 0 Å². The van der Waals surface area contributed by atoms with Crippen LogP contribution in [0.1, 0.15) is 6.42 Å². The van der Waals surface area contributed by atoms with E-state index in [4.69, 9.17) is 9.97 Å². The highest BCUT2D eigenvalue weighted by molar-refractivity contribution is 7.08. The van der Waals surface area contributed by atoms with Gasteiger partial charge in [-0.1, -0.05) is 12.1 Å². The molecule has 3 aromatic rings. The van der Waals surface area contributed by atoms with Crippen LogP contribution in [0.25, 0.3) is 22.3 Å². The normalized spacial score (nSPS) is 16.7. The Kier molecular flexibility index (Phi) is 3.97. The predicted molar refractivity (Wildman–Crippen MR) is 97.2 cm³/mol. The Morgan fingerprint density at radius 1 is 1.00 bits per heavy atom. The molecule has 0 unspecified atom stereocenters. The van der Waals surface area contributed by atoms with Gasteiger partial charge in [0, 0.05) is 36.0 Å². The van der Waals surface area contributed by atoms with Crippen LogP contribution in [0.15, 0.2) is 41.1 Å². The van der Waals surface area contributed by atoms with Gasteiger partial charge in [0.1, 0.15) is 5.82 Å². The Morgan fingerprint density at radius 2 is 1.91 bits per heavy atom. The van der Waals surface area contributed by atoms with Gasteiger partial charge in [0.05, 0.1) is 5.52 Å². The highest BCUT2D eigenvalue weighted by Crippen LogP contribution is 2.28. The van der Waals surface area contributed by atoms with Crippen LogP contribution >= 0.6 is 11.3 Å². The Labute approximate surface area is 140 Å². The number of fused-ring (bicyclic) bond motifs is 1. The first-order chi connectivity index (χ1) is 11.3. The molecule has 0 spiro atoms. The van der Waals surface area contributed by atoms with Gasteiger partial charge in [-0.2, -0.15) is 11.3 Å². The number of para-hydroxylation sites is 1. The van der Waals surface area contributed by atoms with Gasteiger partial charge in [-0.15, -0.1) is 0 Å². The van der Waals surface area contributed by atoms with Crippen LogP contribution < -0.4 is 4.90 Å². The minimum atomic E-state index is 0.831. The molecule has 3 heterocycles. The fourth-order valence-electron chi connectivity index (χ4n) is 3.08. The smallest absolute Gasteiger partial charge is 0.162 e. The average Bonchev–Trinajstić information content (AvgIpc) is 3.03. The summed E-state index contributed by atoms with van der Waals surface area (Å²) in [5.74, 6) is 1.91. The van der Waals surface area contributed by atoms with Crippen molar-refractivity contribution in [3.8, 4) is 11.4 Å². The zero-order valence-electron chi connectivity index (χ0n) is 13.3. The molecule has 23 heavy (non-hydrogen) atoms. The van der Waals surface area contributed by atoms with Crippen molar-refractivity contribution < 1.29 is 0 Å². The molecule has 0 radical (unpaired) electrons. The number of hydrogen-bond donors (Lipinski definition) is 0. The van der Waals surface area contributed by atoms with E-state index in [9.17, 15) is 0 Å². The lowest BCUT2D eigenvalue weighted by Crippen LogP contribution is -2.29. The van der Waals surface area contributed by atoms with Crippen LogP contribution in [0.5, 0.6) is 0 Å². The SMILES string of the molecule is CN1CCCN(c2nc(-c3ccsc3)nc3ccccc23)CC1. The maximum atomic E-state index is 4.94. The van der Waals surface area contributed by atoms with Crippen LogP contribution in [0.2, 0.25) is 0 Å². The van der Waals surface area contributed by atoms with Gasteiger partial charge in [0.15, 0.2) is 5.82 Å². The van der Waals surface area contributed by atoms with Gasteiger partial charge in [0.25, 0.3) is 0 Å². The molecular weight excluding hydrogens is 304 g/mol. The van der Waals surface area contributed by atoms with Gasteiger partial charge >= 0.3 is 0 Å². The summed E-state index contributed by atoms with van der Waals surface area (Å²) in [4.78, 5) is 14.5. The van der Waals surface area contributed by atoms with Crippen molar-refractivity contribution in [2.24, 2.45) is 0 Å². The molecule has 1 aliphatic heterocycles. The van der Waals surface area contributed by atoms with Gasteiger partial charge in [-0.3, -0.25) is 0 Å². The zero-order chi connectivity index (χ0) is 15.6. The summed E-state index contributed by atoms with van der Waals surface area (Å²) >= 11 is 1.68. The highest BCUT2D eigenvalue weighted by Gasteiger charge is 2.18. The first kappa shape index (κ1) is 14.6. The molecule has 0 saturated carbocycles. The monoisotopic (exact) mass is 324 g/mol. The number of nitrogens with zero attached hydrogens (tertiary/aromatic N) is 4. The van der Waals surface area contributed by atoms with Crippen molar-refractivity contribution in [1.82, 2.24) is 14.9 Å². The Morgan fingerprint density at radius 3 is 2.78 bits per heavy atom. The van der Waals surface area contributed by atoms with E-state index >= 15 is 0 Å². The zero-order valence-corrected chi connectivity index (χ0v) is 14.1. The maximum absolute atomic E-state index is 4.94. The minimum absolute atomic E-state index is 0.831. The Balaban J connectivity index is 1.83. The first-order valence-electron chi connectivity index (χ1n) is 8.04. The highest BCUT2D eigenvalue weighted by atomic mass is 32.1. The molecule has 5 heteroatoms. The van der Waals surface area contributed by atoms with Crippen molar-refractivity contribution in [3.05, 3.63) is 41.1 Å². The molecule has 4 rings (SSSR count). The van der Waals surface area contributed by atoms with E-state index in [1.165, 1.54) is 6.42 Å². The van der Waals surface area contributed by atoms with E-state index < -0.39 is 0 Å².